The fourth-order valence-corrected chi connectivity index (χ4v) is 11.8. The van der Waals surface area contributed by atoms with E-state index in [1.165, 1.54) is 0 Å². The maximum Gasteiger partial charge on any atom is 0.333 e. The predicted molar refractivity (Wildman–Crippen MR) is 150 cm³/mol. The molecule has 7 rings (SSSR count). The van der Waals surface area contributed by atoms with Crippen LogP contribution in [-0.2, 0) is 14.3 Å². The summed E-state index contributed by atoms with van der Waals surface area (Å²) in [6.07, 6.45) is 2.30. The summed E-state index contributed by atoms with van der Waals surface area (Å²) in [5.41, 5.74) is -8.96. The largest absolute Gasteiger partial charge is 0.453 e. The summed E-state index contributed by atoms with van der Waals surface area (Å²) in [5.74, 6) is -4.05. The van der Waals surface area contributed by atoms with Crippen LogP contribution in [0.15, 0.2) is 11.6 Å². The molecule has 4 saturated carbocycles. The number of allylic oxidation sites excluding steroid dienone is 1. The number of nitrogens with zero attached hydrogens (tertiary/aromatic N) is 1. The van der Waals surface area contributed by atoms with Gasteiger partial charge in [-0.25, -0.2) is 4.79 Å². The predicted octanol–water partition coefficient (Wildman–Crippen LogP) is 0.991. The topological polar surface area (TPSA) is 160 Å². The fraction of sp³-hybridized carbons (Fsp3) is 0.906. The van der Waals surface area contributed by atoms with Gasteiger partial charge in [0.25, 0.3) is 0 Å². The molecule has 1 spiro atoms. The number of aliphatic hydroxyl groups excluding tert-OH is 1. The zero-order valence-corrected chi connectivity index (χ0v) is 25.5. The minimum Gasteiger partial charge on any atom is -0.453 e. The van der Waals surface area contributed by atoms with Gasteiger partial charge in [0.1, 0.15) is 22.4 Å². The Morgan fingerprint density at radius 1 is 0.952 bits per heavy atom. The van der Waals surface area contributed by atoms with Crippen molar-refractivity contribution in [2.75, 3.05) is 13.1 Å². The zero-order chi connectivity index (χ0) is 30.5. The molecule has 0 unspecified atom stereocenters. The Hall–Kier alpha value is -1.11. The highest BCUT2D eigenvalue weighted by atomic mass is 16.7. The number of aliphatic hydroxyl groups is 6. The molecule has 3 aliphatic heterocycles. The molecule has 7 aliphatic rings. The summed E-state index contributed by atoms with van der Waals surface area (Å²) in [5, 5.41) is 73.9. The summed E-state index contributed by atoms with van der Waals surface area (Å²) < 4.78 is 12.6. The van der Waals surface area contributed by atoms with Crippen molar-refractivity contribution < 1.29 is 44.9 Å². The number of ether oxygens (including phenoxy) is 2. The molecule has 0 aromatic carbocycles. The van der Waals surface area contributed by atoms with Crippen LogP contribution < -0.4 is 0 Å². The van der Waals surface area contributed by atoms with Crippen molar-refractivity contribution in [2.45, 2.75) is 138 Å². The molecule has 0 radical (unpaired) electrons. The van der Waals surface area contributed by atoms with E-state index in [0.29, 0.717) is 50.1 Å². The number of hydrogen-bond donors (Lipinski definition) is 6. The van der Waals surface area contributed by atoms with Crippen molar-refractivity contribution in [3.63, 3.8) is 0 Å². The maximum absolute atomic E-state index is 12.9. The van der Waals surface area contributed by atoms with Crippen molar-refractivity contribution in [1.29, 1.82) is 0 Å². The lowest BCUT2D eigenvalue weighted by molar-refractivity contribution is -0.354. The van der Waals surface area contributed by atoms with Gasteiger partial charge < -0.3 is 40.1 Å². The standard InChI is InChI=1S/C32H49NO9/c1-6-18(3)25(35)41-24-11-12-26(4)19-8-9-20-28(37)13-23(34)31(39)21(29(28,38)16-30(20,26)42-32(19,24)40)15-33-14-17(2)7-10-22(33)27(31,5)36/h6,17,19-24,34,36-40H,7-16H2,1-5H3/b18-6+/t17-,19+,20-,21+,22+,23+,24-,26+,27+,28+,29-,30-,31+,32+/m1/s1. The van der Waals surface area contributed by atoms with Gasteiger partial charge in [-0.2, -0.15) is 0 Å². The molecular weight excluding hydrogens is 542 g/mol. The number of fused-ring (bicyclic) bond motifs is 5. The van der Waals surface area contributed by atoms with Crippen molar-refractivity contribution in [3.05, 3.63) is 11.6 Å². The van der Waals surface area contributed by atoms with Crippen LogP contribution in [0.25, 0.3) is 0 Å². The van der Waals surface area contributed by atoms with Gasteiger partial charge in [0.15, 0.2) is 6.10 Å². The number of esters is 1. The van der Waals surface area contributed by atoms with Crippen LogP contribution in [0.4, 0.5) is 0 Å². The Labute approximate surface area is 247 Å². The molecule has 7 fully saturated rings. The van der Waals surface area contributed by atoms with Crippen LogP contribution in [-0.4, -0.2) is 107 Å². The van der Waals surface area contributed by atoms with Gasteiger partial charge in [0, 0.05) is 60.7 Å². The second kappa shape index (κ2) is 8.57. The van der Waals surface area contributed by atoms with E-state index in [-0.39, 0.29) is 25.4 Å². The molecule has 42 heavy (non-hydrogen) atoms. The molecule has 3 heterocycles. The molecule has 0 aromatic rings. The third-order valence-corrected chi connectivity index (χ3v) is 14.1. The number of hydrogen-bond acceptors (Lipinski definition) is 10. The van der Waals surface area contributed by atoms with E-state index in [4.69, 9.17) is 9.47 Å². The summed E-state index contributed by atoms with van der Waals surface area (Å²) in [6.45, 7) is 10.1. The molecule has 10 heteroatoms. The molecule has 0 amide bonds. The Morgan fingerprint density at radius 2 is 1.64 bits per heavy atom. The molecule has 0 aromatic heterocycles. The molecule has 3 saturated heterocycles. The lowest BCUT2D eigenvalue weighted by atomic mass is 9.49. The van der Waals surface area contributed by atoms with Crippen LogP contribution in [0, 0.1) is 29.1 Å². The van der Waals surface area contributed by atoms with E-state index in [0.717, 1.165) is 6.42 Å². The fourth-order valence-electron chi connectivity index (χ4n) is 11.8. The SMILES string of the molecule is C/C=C(\C)C(=O)O[C@@H]1CC[C@@]2(C)[C@@H]3CC[C@@H]4[C@@]5(O)C[C@H](O)[C@@]6(O)[C@@H](CN7C[C@H](C)CC[C@H]7[C@]6(C)O)[C@]5(O)C[C@@]42O[C@@]31O. The van der Waals surface area contributed by atoms with Gasteiger partial charge >= 0.3 is 5.97 Å². The van der Waals surface area contributed by atoms with E-state index in [1.807, 2.05) is 6.92 Å². The Balaban J connectivity index is 1.32. The van der Waals surface area contributed by atoms with Gasteiger partial charge in [0.05, 0.1) is 11.7 Å². The normalized spacial score (nSPS) is 60.3. The van der Waals surface area contributed by atoms with Gasteiger partial charge in [-0.05, 0) is 65.2 Å². The monoisotopic (exact) mass is 591 g/mol. The van der Waals surface area contributed by atoms with Crippen molar-refractivity contribution in [1.82, 2.24) is 4.90 Å². The first-order chi connectivity index (χ1) is 19.5. The number of carbonyl (C=O) groups excluding carboxylic acids is 1. The number of piperidine rings is 2. The first-order valence-corrected chi connectivity index (χ1v) is 16.0. The van der Waals surface area contributed by atoms with Gasteiger partial charge in [-0.3, -0.25) is 4.90 Å². The van der Waals surface area contributed by atoms with E-state index in [1.54, 1.807) is 26.8 Å². The van der Waals surface area contributed by atoms with Crippen molar-refractivity contribution >= 4 is 5.97 Å². The first kappa shape index (κ1) is 29.6. The van der Waals surface area contributed by atoms with E-state index in [2.05, 4.69) is 11.8 Å². The second-order valence-corrected chi connectivity index (χ2v) is 15.7. The summed E-state index contributed by atoms with van der Waals surface area (Å²) >= 11 is 0. The lowest BCUT2D eigenvalue weighted by Crippen LogP contribution is -2.85. The summed E-state index contributed by atoms with van der Waals surface area (Å²) in [4.78, 5) is 14.9. The highest BCUT2D eigenvalue weighted by molar-refractivity contribution is 5.87. The number of carbonyl (C=O) groups is 1. The van der Waals surface area contributed by atoms with Gasteiger partial charge in [0.2, 0.25) is 5.79 Å². The Bertz CT molecular complexity index is 1220. The summed E-state index contributed by atoms with van der Waals surface area (Å²) in [7, 11) is 0. The molecule has 4 aliphatic carbocycles. The first-order valence-electron chi connectivity index (χ1n) is 16.0. The van der Waals surface area contributed by atoms with Crippen LogP contribution >= 0.6 is 0 Å². The summed E-state index contributed by atoms with van der Waals surface area (Å²) in [6, 6.07) is -0.387. The minimum absolute atomic E-state index is 0.0606. The zero-order valence-electron chi connectivity index (χ0n) is 25.5. The quantitative estimate of drug-likeness (QED) is 0.202. The third kappa shape index (κ3) is 3.07. The van der Waals surface area contributed by atoms with E-state index < -0.39 is 75.1 Å². The average molecular weight is 592 g/mol. The molecular formula is C32H49NO9. The smallest absolute Gasteiger partial charge is 0.333 e. The average Bonchev–Trinajstić information content (AvgIpc) is 3.09. The van der Waals surface area contributed by atoms with E-state index in [9.17, 15) is 35.4 Å². The maximum atomic E-state index is 12.9. The highest BCUT2D eigenvalue weighted by Crippen LogP contribution is 2.78. The minimum atomic E-state index is -2.06. The van der Waals surface area contributed by atoms with Gasteiger partial charge in [-0.15, -0.1) is 0 Å². The molecule has 6 N–H and O–H groups in total. The molecule has 10 nitrogen and oxygen atoms in total. The van der Waals surface area contributed by atoms with Crippen LogP contribution in [0.3, 0.4) is 0 Å². The molecule has 14 atom stereocenters. The molecule has 236 valence electrons. The lowest BCUT2D eigenvalue weighted by Gasteiger charge is -2.68. The second-order valence-electron chi connectivity index (χ2n) is 15.7. The Kier molecular flexibility index (Phi) is 6.04. The van der Waals surface area contributed by atoms with Crippen LogP contribution in [0.2, 0.25) is 0 Å². The van der Waals surface area contributed by atoms with Gasteiger partial charge in [-0.1, -0.05) is 19.9 Å². The Morgan fingerprint density at radius 3 is 2.33 bits per heavy atom. The third-order valence-electron chi connectivity index (χ3n) is 14.1. The van der Waals surface area contributed by atoms with Crippen molar-refractivity contribution in [2.24, 2.45) is 29.1 Å². The van der Waals surface area contributed by atoms with Crippen LogP contribution in [0.5, 0.6) is 0 Å². The van der Waals surface area contributed by atoms with Crippen molar-refractivity contribution in [3.8, 4) is 0 Å². The van der Waals surface area contributed by atoms with Crippen LogP contribution in [0.1, 0.15) is 86.0 Å². The number of rotatable bonds is 2. The highest BCUT2D eigenvalue weighted by Gasteiger charge is 2.88. The molecule has 4 bridgehead atoms. The van der Waals surface area contributed by atoms with E-state index >= 15 is 0 Å².